The van der Waals surface area contributed by atoms with Gasteiger partial charge >= 0.3 is 0 Å². The quantitative estimate of drug-likeness (QED) is 0.897. The maximum Gasteiger partial charge on any atom is 0.140 e. The summed E-state index contributed by atoms with van der Waals surface area (Å²) in [5.41, 5.74) is 2.61. The van der Waals surface area contributed by atoms with Crippen LogP contribution in [0.3, 0.4) is 0 Å². The maximum atomic E-state index is 9.97. The van der Waals surface area contributed by atoms with Crippen molar-refractivity contribution < 1.29 is 14.4 Å². The molecule has 1 aromatic carbocycles. The van der Waals surface area contributed by atoms with Gasteiger partial charge in [0.05, 0.1) is 17.4 Å². The van der Waals surface area contributed by atoms with Gasteiger partial charge in [0.1, 0.15) is 18.1 Å². The van der Waals surface area contributed by atoms with E-state index >= 15 is 0 Å². The maximum absolute atomic E-state index is 9.97. The van der Waals surface area contributed by atoms with Gasteiger partial charge < -0.3 is 14.4 Å². The number of aliphatic hydroxyl groups excluding tert-OH is 1. The van der Waals surface area contributed by atoms with E-state index in [0.717, 1.165) is 22.6 Å². The Hall–Kier alpha value is -1.81. The van der Waals surface area contributed by atoms with Crippen LogP contribution in [-0.2, 0) is 6.61 Å². The average Bonchev–Trinajstić information content (AvgIpc) is 2.75. The number of hydrogen-bond donors (Lipinski definition) is 1. The summed E-state index contributed by atoms with van der Waals surface area (Å²) < 4.78 is 10.9. The van der Waals surface area contributed by atoms with Crippen molar-refractivity contribution in [3.63, 3.8) is 0 Å². The van der Waals surface area contributed by atoms with E-state index in [2.05, 4.69) is 5.16 Å². The van der Waals surface area contributed by atoms with Gasteiger partial charge in [-0.25, -0.2) is 0 Å². The zero-order valence-corrected chi connectivity index (χ0v) is 11.5. The number of aromatic nitrogens is 1. The molecule has 2 rings (SSSR count). The molecule has 0 saturated carbocycles. The highest BCUT2D eigenvalue weighted by Crippen LogP contribution is 2.28. The largest absolute Gasteiger partial charge is 0.488 e. The summed E-state index contributed by atoms with van der Waals surface area (Å²) in [6, 6.07) is 7.55. The Labute approximate surface area is 113 Å². The van der Waals surface area contributed by atoms with Crippen molar-refractivity contribution in [2.75, 3.05) is 0 Å². The van der Waals surface area contributed by atoms with Crippen molar-refractivity contribution in [2.45, 2.75) is 39.9 Å². The van der Waals surface area contributed by atoms with Crippen LogP contribution in [0.1, 0.15) is 42.0 Å². The minimum absolute atomic E-state index is 0.397. The molecular weight excluding hydrogens is 242 g/mol. The van der Waals surface area contributed by atoms with Gasteiger partial charge in [-0.1, -0.05) is 30.3 Å². The standard InChI is InChI=1S/C15H19NO3/c1-4-14(17)12-7-5-6-8-15(12)18-9-13-10(2)16-19-11(13)3/h5-8,14,17H,4,9H2,1-3H3/t14-/m0/s1. The fourth-order valence-electron chi connectivity index (χ4n) is 1.97. The van der Waals surface area contributed by atoms with E-state index in [9.17, 15) is 5.11 Å². The molecule has 1 atom stereocenters. The zero-order chi connectivity index (χ0) is 13.8. The monoisotopic (exact) mass is 261 g/mol. The summed E-state index contributed by atoms with van der Waals surface area (Å²) in [6.45, 7) is 6.10. The second-order valence-electron chi connectivity index (χ2n) is 4.55. The smallest absolute Gasteiger partial charge is 0.140 e. The van der Waals surface area contributed by atoms with Crippen molar-refractivity contribution >= 4 is 0 Å². The van der Waals surface area contributed by atoms with Crippen LogP contribution in [-0.4, -0.2) is 10.3 Å². The van der Waals surface area contributed by atoms with Crippen LogP contribution in [0.25, 0.3) is 0 Å². The molecule has 0 amide bonds. The third-order valence-corrected chi connectivity index (χ3v) is 3.22. The van der Waals surface area contributed by atoms with E-state index in [1.807, 2.05) is 45.0 Å². The van der Waals surface area contributed by atoms with Gasteiger partial charge in [-0.2, -0.15) is 0 Å². The third-order valence-electron chi connectivity index (χ3n) is 3.22. The Kier molecular flexibility index (Phi) is 4.22. The Morgan fingerprint density at radius 1 is 1.32 bits per heavy atom. The fourth-order valence-corrected chi connectivity index (χ4v) is 1.97. The fraction of sp³-hybridized carbons (Fsp3) is 0.400. The molecule has 2 aromatic rings. The molecule has 1 aromatic heterocycles. The van der Waals surface area contributed by atoms with Crippen molar-refractivity contribution in [3.05, 3.63) is 46.8 Å². The van der Waals surface area contributed by atoms with Crippen molar-refractivity contribution in [2.24, 2.45) is 0 Å². The van der Waals surface area contributed by atoms with Gasteiger partial charge in [0, 0.05) is 5.56 Å². The number of benzene rings is 1. The van der Waals surface area contributed by atoms with Crippen LogP contribution < -0.4 is 4.74 Å². The van der Waals surface area contributed by atoms with E-state index in [0.29, 0.717) is 18.8 Å². The molecule has 0 fully saturated rings. The lowest BCUT2D eigenvalue weighted by molar-refractivity contribution is 0.166. The second-order valence-corrected chi connectivity index (χ2v) is 4.55. The lowest BCUT2D eigenvalue weighted by Gasteiger charge is -2.14. The van der Waals surface area contributed by atoms with Crippen LogP contribution in [0.15, 0.2) is 28.8 Å². The first kappa shape index (κ1) is 13.6. The van der Waals surface area contributed by atoms with Crippen LogP contribution >= 0.6 is 0 Å². The Balaban J connectivity index is 2.16. The first-order valence-corrected chi connectivity index (χ1v) is 6.45. The molecule has 0 aliphatic rings. The van der Waals surface area contributed by atoms with Crippen LogP contribution in [0.4, 0.5) is 0 Å². The van der Waals surface area contributed by atoms with Gasteiger partial charge in [-0.3, -0.25) is 0 Å². The zero-order valence-electron chi connectivity index (χ0n) is 11.5. The molecule has 0 spiro atoms. The summed E-state index contributed by atoms with van der Waals surface area (Å²) in [7, 11) is 0. The van der Waals surface area contributed by atoms with E-state index in [1.54, 1.807) is 0 Å². The number of nitrogens with zero attached hydrogens (tertiary/aromatic N) is 1. The summed E-state index contributed by atoms with van der Waals surface area (Å²) in [4.78, 5) is 0. The van der Waals surface area contributed by atoms with Gasteiger partial charge in [0.15, 0.2) is 0 Å². The first-order valence-electron chi connectivity index (χ1n) is 6.45. The summed E-state index contributed by atoms with van der Waals surface area (Å²) in [6.07, 6.45) is 0.159. The number of aryl methyl sites for hydroxylation is 2. The molecular formula is C15H19NO3. The summed E-state index contributed by atoms with van der Waals surface area (Å²) >= 11 is 0. The van der Waals surface area contributed by atoms with Crippen LogP contribution in [0.2, 0.25) is 0 Å². The predicted octanol–water partition coefficient (Wildman–Crippen LogP) is 3.31. The molecule has 19 heavy (non-hydrogen) atoms. The number of aliphatic hydroxyl groups is 1. The van der Waals surface area contributed by atoms with E-state index in [1.165, 1.54) is 0 Å². The highest BCUT2D eigenvalue weighted by Gasteiger charge is 2.13. The number of hydrogen-bond acceptors (Lipinski definition) is 4. The molecule has 0 radical (unpaired) electrons. The Bertz CT molecular complexity index is 529. The summed E-state index contributed by atoms with van der Waals surface area (Å²) in [5, 5.41) is 13.9. The second kappa shape index (κ2) is 5.89. The minimum atomic E-state index is -0.499. The molecule has 4 nitrogen and oxygen atoms in total. The molecule has 0 aliphatic carbocycles. The van der Waals surface area contributed by atoms with Crippen LogP contribution in [0, 0.1) is 13.8 Å². The lowest BCUT2D eigenvalue weighted by atomic mass is 10.1. The number of rotatable bonds is 5. The first-order chi connectivity index (χ1) is 9.13. The lowest BCUT2D eigenvalue weighted by Crippen LogP contribution is -2.03. The van der Waals surface area contributed by atoms with E-state index in [-0.39, 0.29) is 0 Å². The van der Waals surface area contributed by atoms with Gasteiger partial charge in [-0.05, 0) is 26.3 Å². The SMILES string of the molecule is CC[C@H](O)c1ccccc1OCc1c(C)noc1C. The highest BCUT2D eigenvalue weighted by molar-refractivity contribution is 5.35. The highest BCUT2D eigenvalue weighted by atomic mass is 16.5. The Morgan fingerprint density at radius 2 is 2.05 bits per heavy atom. The molecule has 0 unspecified atom stereocenters. The topological polar surface area (TPSA) is 55.5 Å². The summed E-state index contributed by atoms with van der Waals surface area (Å²) in [5.74, 6) is 1.47. The van der Waals surface area contributed by atoms with Crippen molar-refractivity contribution in [1.29, 1.82) is 0 Å². The van der Waals surface area contributed by atoms with E-state index in [4.69, 9.17) is 9.26 Å². The van der Waals surface area contributed by atoms with Crippen molar-refractivity contribution in [1.82, 2.24) is 5.16 Å². The Morgan fingerprint density at radius 3 is 2.68 bits per heavy atom. The van der Waals surface area contributed by atoms with Crippen molar-refractivity contribution in [3.8, 4) is 5.75 Å². The van der Waals surface area contributed by atoms with Crippen LogP contribution in [0.5, 0.6) is 5.75 Å². The predicted molar refractivity (Wildman–Crippen MR) is 72.0 cm³/mol. The average molecular weight is 261 g/mol. The molecule has 0 bridgehead atoms. The third kappa shape index (κ3) is 2.96. The molecule has 102 valence electrons. The number of para-hydroxylation sites is 1. The molecule has 4 heteroatoms. The van der Waals surface area contributed by atoms with Gasteiger partial charge in [0.2, 0.25) is 0 Å². The molecule has 0 saturated heterocycles. The number of ether oxygens (including phenoxy) is 1. The molecule has 1 heterocycles. The van der Waals surface area contributed by atoms with Gasteiger partial charge in [0.25, 0.3) is 0 Å². The normalized spacial score (nSPS) is 12.4. The van der Waals surface area contributed by atoms with Gasteiger partial charge in [-0.15, -0.1) is 0 Å². The van der Waals surface area contributed by atoms with E-state index < -0.39 is 6.10 Å². The molecule has 1 N–H and O–H groups in total. The minimum Gasteiger partial charge on any atom is -0.488 e. The molecule has 0 aliphatic heterocycles.